The van der Waals surface area contributed by atoms with E-state index in [1.165, 1.54) is 0 Å². The summed E-state index contributed by atoms with van der Waals surface area (Å²) in [6.07, 6.45) is 2.83. The maximum absolute atomic E-state index is 12.8. The summed E-state index contributed by atoms with van der Waals surface area (Å²) < 4.78 is 50.9. The van der Waals surface area contributed by atoms with Gasteiger partial charge < -0.3 is 0 Å². The van der Waals surface area contributed by atoms with Crippen LogP contribution in [0, 0.1) is 5.41 Å². The van der Waals surface area contributed by atoms with Gasteiger partial charge in [0, 0.05) is 11.8 Å². The normalized spacial score (nSPS) is 17.2. The molecule has 2 aromatic rings. The van der Waals surface area contributed by atoms with Gasteiger partial charge in [0.1, 0.15) is 5.78 Å². The molecule has 1 saturated carbocycles. The summed E-state index contributed by atoms with van der Waals surface area (Å²) in [6.45, 7) is 0. The molecule has 0 spiro atoms. The van der Waals surface area contributed by atoms with E-state index in [-0.39, 0.29) is 39.9 Å². The number of ketones is 1. The van der Waals surface area contributed by atoms with Crippen LogP contribution in [0.3, 0.4) is 0 Å². The van der Waals surface area contributed by atoms with Gasteiger partial charge in [0.15, 0.2) is 19.7 Å². The van der Waals surface area contributed by atoms with Crippen LogP contribution >= 0.6 is 0 Å². The lowest BCUT2D eigenvalue weighted by Gasteiger charge is -2.36. The molecule has 1 fully saturated rings. The molecule has 0 amide bonds. The van der Waals surface area contributed by atoms with Crippen LogP contribution < -0.4 is 0 Å². The fourth-order valence-corrected chi connectivity index (χ4v) is 6.89. The number of sulfone groups is 2. The smallest absolute Gasteiger partial charge is 0.178 e. The first-order valence-corrected chi connectivity index (χ1v) is 13.1. The molecule has 7 heteroatoms. The van der Waals surface area contributed by atoms with Crippen molar-refractivity contribution in [2.75, 3.05) is 11.5 Å². The van der Waals surface area contributed by atoms with E-state index in [0.29, 0.717) is 12.8 Å². The van der Waals surface area contributed by atoms with Gasteiger partial charge in [0.2, 0.25) is 0 Å². The molecule has 1 aliphatic rings. The third kappa shape index (κ3) is 5.14. The lowest BCUT2D eigenvalue weighted by Crippen LogP contribution is -2.37. The van der Waals surface area contributed by atoms with Crippen LogP contribution in [0.5, 0.6) is 0 Å². The number of hydrogen-bond acceptors (Lipinski definition) is 5. The first-order valence-electron chi connectivity index (χ1n) is 9.84. The number of hydrogen-bond donors (Lipinski definition) is 0. The molecule has 1 aliphatic carbocycles. The Balaban J connectivity index is 1.79. The van der Waals surface area contributed by atoms with Crippen LogP contribution in [0.25, 0.3) is 0 Å². The first-order chi connectivity index (χ1) is 13.8. The van der Waals surface area contributed by atoms with Gasteiger partial charge in [-0.25, -0.2) is 16.8 Å². The van der Waals surface area contributed by atoms with E-state index in [0.717, 1.165) is 12.8 Å². The van der Waals surface area contributed by atoms with E-state index >= 15 is 0 Å². The molecule has 0 unspecified atom stereocenters. The van der Waals surface area contributed by atoms with Crippen LogP contribution in [-0.2, 0) is 24.5 Å². The Morgan fingerprint density at radius 3 is 1.55 bits per heavy atom. The highest BCUT2D eigenvalue weighted by molar-refractivity contribution is 7.91. The quantitative estimate of drug-likeness (QED) is 0.630. The summed E-state index contributed by atoms with van der Waals surface area (Å²) in [5.74, 6) is -0.322. The summed E-state index contributed by atoms with van der Waals surface area (Å²) >= 11 is 0. The number of carbonyl (C=O) groups excluding carboxylic acids is 1. The van der Waals surface area contributed by atoms with Crippen molar-refractivity contribution in [1.29, 1.82) is 0 Å². The number of benzene rings is 2. The highest BCUT2D eigenvalue weighted by atomic mass is 32.2. The third-order valence-corrected chi connectivity index (χ3v) is 9.27. The second-order valence-corrected chi connectivity index (χ2v) is 11.9. The molecule has 0 aromatic heterocycles. The van der Waals surface area contributed by atoms with Crippen LogP contribution in [0.1, 0.15) is 38.5 Å². The molecule has 0 saturated heterocycles. The van der Waals surface area contributed by atoms with Crippen molar-refractivity contribution in [3.8, 4) is 0 Å². The van der Waals surface area contributed by atoms with Gasteiger partial charge in [-0.1, -0.05) is 42.8 Å². The van der Waals surface area contributed by atoms with Crippen LogP contribution in [-0.4, -0.2) is 34.1 Å². The Morgan fingerprint density at radius 1 is 0.690 bits per heavy atom. The summed E-state index contributed by atoms with van der Waals surface area (Å²) in [4.78, 5) is 13.3. The monoisotopic (exact) mass is 434 g/mol. The number of rotatable bonds is 8. The molecule has 3 rings (SSSR count). The van der Waals surface area contributed by atoms with Gasteiger partial charge in [0.25, 0.3) is 0 Å². The summed E-state index contributed by atoms with van der Waals surface area (Å²) in [7, 11) is -7.06. The third-order valence-electron chi connectivity index (χ3n) is 5.80. The van der Waals surface area contributed by atoms with Gasteiger partial charge in [-0.15, -0.1) is 0 Å². The van der Waals surface area contributed by atoms with Gasteiger partial charge in [-0.05, 0) is 49.9 Å². The Morgan fingerprint density at radius 2 is 1.14 bits per heavy atom. The molecule has 0 heterocycles. The largest absolute Gasteiger partial charge is 0.299 e. The predicted octanol–water partition coefficient (Wildman–Crippen LogP) is 3.84. The minimum atomic E-state index is -3.53. The molecule has 0 aliphatic heterocycles. The molecular weight excluding hydrogens is 408 g/mol. The lowest BCUT2D eigenvalue weighted by atomic mass is 9.69. The molecule has 0 bridgehead atoms. The molecule has 0 atom stereocenters. The van der Waals surface area contributed by atoms with Crippen molar-refractivity contribution in [2.24, 2.45) is 5.41 Å². The zero-order chi connectivity index (χ0) is 21.0. The summed E-state index contributed by atoms with van der Waals surface area (Å²) in [5.41, 5.74) is -0.887. The van der Waals surface area contributed by atoms with Gasteiger partial charge in [0.05, 0.1) is 21.3 Å². The fourth-order valence-electron chi connectivity index (χ4n) is 3.96. The van der Waals surface area contributed by atoms with E-state index < -0.39 is 25.1 Å². The van der Waals surface area contributed by atoms with Crippen molar-refractivity contribution in [3.05, 3.63) is 60.7 Å². The second-order valence-electron chi connectivity index (χ2n) is 7.67. The Hall–Kier alpha value is -1.99. The Bertz CT molecular complexity index is 969. The van der Waals surface area contributed by atoms with Crippen LogP contribution in [0.4, 0.5) is 0 Å². The topological polar surface area (TPSA) is 85.3 Å². The second kappa shape index (κ2) is 8.79. The van der Waals surface area contributed by atoms with Crippen molar-refractivity contribution < 1.29 is 21.6 Å². The fraction of sp³-hybridized carbons (Fsp3) is 0.409. The zero-order valence-corrected chi connectivity index (χ0v) is 17.9. The molecule has 0 radical (unpaired) electrons. The van der Waals surface area contributed by atoms with Gasteiger partial charge >= 0.3 is 0 Å². The highest BCUT2D eigenvalue weighted by Crippen LogP contribution is 2.41. The van der Waals surface area contributed by atoms with E-state index in [4.69, 9.17) is 0 Å². The van der Waals surface area contributed by atoms with E-state index in [1.807, 2.05) is 0 Å². The highest BCUT2D eigenvalue weighted by Gasteiger charge is 2.41. The first kappa shape index (κ1) is 21.7. The van der Waals surface area contributed by atoms with E-state index in [1.54, 1.807) is 60.7 Å². The predicted molar refractivity (Wildman–Crippen MR) is 112 cm³/mol. The maximum Gasteiger partial charge on any atom is 0.178 e. The van der Waals surface area contributed by atoms with Crippen molar-refractivity contribution in [1.82, 2.24) is 0 Å². The lowest BCUT2D eigenvalue weighted by molar-refractivity contribution is -0.131. The Kier molecular flexibility index (Phi) is 6.58. The number of carbonyl (C=O) groups is 1. The SMILES string of the molecule is O=C1CCCCC1(CCS(=O)(=O)c1ccccc1)CCS(=O)(=O)c1ccccc1. The van der Waals surface area contributed by atoms with E-state index in [9.17, 15) is 21.6 Å². The van der Waals surface area contributed by atoms with Crippen LogP contribution in [0.2, 0.25) is 0 Å². The van der Waals surface area contributed by atoms with Crippen molar-refractivity contribution in [2.45, 2.75) is 48.3 Å². The maximum atomic E-state index is 12.8. The molecule has 29 heavy (non-hydrogen) atoms. The summed E-state index contributed by atoms with van der Waals surface area (Å²) in [5, 5.41) is 0. The molecule has 5 nitrogen and oxygen atoms in total. The molecule has 0 N–H and O–H groups in total. The Labute approximate surface area is 173 Å². The minimum absolute atomic E-state index is 0.00438. The average Bonchev–Trinajstić information content (AvgIpc) is 2.74. The molecule has 2 aromatic carbocycles. The van der Waals surface area contributed by atoms with Crippen LogP contribution in [0.15, 0.2) is 70.5 Å². The van der Waals surface area contributed by atoms with Crippen molar-refractivity contribution >= 4 is 25.5 Å². The van der Waals surface area contributed by atoms with Gasteiger partial charge in [-0.3, -0.25) is 4.79 Å². The molecular formula is C22H26O5S2. The zero-order valence-electron chi connectivity index (χ0n) is 16.3. The standard InChI is InChI=1S/C22H26O5S2/c23-21-13-7-8-14-22(21,15-17-28(24,25)19-9-3-1-4-10-19)16-18-29(26,27)20-11-5-2-6-12-20/h1-6,9-12H,7-8,13-18H2. The van der Waals surface area contributed by atoms with Crippen molar-refractivity contribution in [3.63, 3.8) is 0 Å². The van der Waals surface area contributed by atoms with Gasteiger partial charge in [-0.2, -0.15) is 0 Å². The molecule has 156 valence electrons. The number of Topliss-reactive ketones (excluding diaryl/α,β-unsaturated/α-hetero) is 1. The summed E-state index contributed by atoms with van der Waals surface area (Å²) in [6, 6.07) is 16.4. The minimum Gasteiger partial charge on any atom is -0.299 e. The van der Waals surface area contributed by atoms with E-state index in [2.05, 4.69) is 0 Å². The average molecular weight is 435 g/mol.